The first-order valence-electron chi connectivity index (χ1n) is 8.08. The predicted molar refractivity (Wildman–Crippen MR) is 97.6 cm³/mol. The molecule has 0 saturated heterocycles. The molecule has 0 fully saturated rings. The van der Waals surface area contributed by atoms with Crippen LogP contribution in [-0.4, -0.2) is 28.1 Å². The zero-order valence-electron chi connectivity index (χ0n) is 14.4. The molecule has 2 aromatic carbocycles. The van der Waals surface area contributed by atoms with Gasteiger partial charge in [-0.2, -0.15) is 5.10 Å². The molecule has 0 radical (unpaired) electrons. The van der Waals surface area contributed by atoms with E-state index >= 15 is 0 Å². The lowest BCUT2D eigenvalue weighted by Crippen LogP contribution is -2.42. The molecular weight excluding hydrogens is 316 g/mol. The van der Waals surface area contributed by atoms with Gasteiger partial charge >= 0.3 is 0 Å². The highest BCUT2D eigenvalue weighted by molar-refractivity contribution is 6.07. The van der Waals surface area contributed by atoms with Crippen molar-refractivity contribution in [3.8, 4) is 0 Å². The Hall–Kier alpha value is -3.15. The summed E-state index contributed by atoms with van der Waals surface area (Å²) in [6, 6.07) is 12.5. The third kappa shape index (κ3) is 3.38. The molecule has 6 heteroatoms. The number of nitrogens with one attached hydrogen (secondary N) is 3. The lowest BCUT2D eigenvalue weighted by atomic mass is 10.1. The largest absolute Gasteiger partial charge is 0.339 e. The first-order chi connectivity index (χ1) is 12.0. The molecule has 3 rings (SSSR count). The minimum Gasteiger partial charge on any atom is -0.339 e. The molecule has 0 saturated carbocycles. The topological polar surface area (TPSA) is 86.9 Å². The Bertz CT molecular complexity index is 925. The maximum absolute atomic E-state index is 12.4. The molecule has 2 amide bonds. The number of rotatable bonds is 4. The van der Waals surface area contributed by atoms with Crippen molar-refractivity contribution in [1.82, 2.24) is 15.5 Å². The summed E-state index contributed by atoms with van der Waals surface area (Å²) in [5, 5.41) is 13.2. The molecule has 0 aliphatic carbocycles. The van der Waals surface area contributed by atoms with Crippen molar-refractivity contribution >= 4 is 28.4 Å². The minimum absolute atomic E-state index is 0.273. The number of aromatic nitrogens is 2. The molecular formula is C19H20N4O2. The zero-order valence-corrected chi connectivity index (χ0v) is 14.4. The van der Waals surface area contributed by atoms with E-state index in [0.29, 0.717) is 0 Å². The van der Waals surface area contributed by atoms with E-state index in [1.54, 1.807) is 6.92 Å². The maximum atomic E-state index is 12.4. The van der Waals surface area contributed by atoms with Crippen LogP contribution in [0.3, 0.4) is 0 Å². The maximum Gasteiger partial charge on any atom is 0.273 e. The van der Waals surface area contributed by atoms with Crippen LogP contribution in [0.15, 0.2) is 42.5 Å². The van der Waals surface area contributed by atoms with E-state index in [4.69, 9.17) is 0 Å². The van der Waals surface area contributed by atoms with Gasteiger partial charge in [0.2, 0.25) is 5.91 Å². The molecule has 0 bridgehead atoms. The second-order valence-electron chi connectivity index (χ2n) is 6.07. The number of fused-ring (bicyclic) bond motifs is 1. The van der Waals surface area contributed by atoms with Gasteiger partial charge in [-0.15, -0.1) is 0 Å². The Morgan fingerprint density at radius 2 is 1.72 bits per heavy atom. The van der Waals surface area contributed by atoms with E-state index in [0.717, 1.165) is 27.7 Å². The number of aryl methyl sites for hydroxylation is 2. The number of hydrogen-bond donors (Lipinski definition) is 3. The van der Waals surface area contributed by atoms with Crippen LogP contribution in [0.4, 0.5) is 5.69 Å². The number of benzene rings is 2. The number of anilines is 1. The SMILES string of the molecule is Cc1cccc(C)c1NC(=O)C(C)NC(=O)c1n[nH]c2ccccc12. The summed E-state index contributed by atoms with van der Waals surface area (Å²) >= 11 is 0. The van der Waals surface area contributed by atoms with Gasteiger partial charge in [0.15, 0.2) is 5.69 Å². The number of nitrogens with zero attached hydrogens (tertiary/aromatic N) is 1. The number of carbonyl (C=O) groups excluding carboxylic acids is 2. The Kier molecular flexibility index (Phi) is 4.52. The molecule has 0 spiro atoms. The molecule has 25 heavy (non-hydrogen) atoms. The molecule has 1 heterocycles. The van der Waals surface area contributed by atoms with Crippen LogP contribution >= 0.6 is 0 Å². The summed E-state index contributed by atoms with van der Waals surface area (Å²) in [4.78, 5) is 24.9. The lowest BCUT2D eigenvalue weighted by Gasteiger charge is -2.16. The third-order valence-electron chi connectivity index (χ3n) is 4.16. The van der Waals surface area contributed by atoms with E-state index in [2.05, 4.69) is 20.8 Å². The molecule has 3 aromatic rings. The second kappa shape index (κ2) is 6.76. The molecule has 1 atom stereocenters. The summed E-state index contributed by atoms with van der Waals surface area (Å²) in [5.74, 6) is -0.660. The molecule has 3 N–H and O–H groups in total. The Morgan fingerprint density at radius 1 is 1.04 bits per heavy atom. The summed E-state index contributed by atoms with van der Waals surface area (Å²) in [6.45, 7) is 5.51. The second-order valence-corrected chi connectivity index (χ2v) is 6.07. The van der Waals surface area contributed by atoms with Crippen molar-refractivity contribution in [3.63, 3.8) is 0 Å². The average molecular weight is 336 g/mol. The number of aromatic amines is 1. The quantitative estimate of drug-likeness (QED) is 0.684. The monoisotopic (exact) mass is 336 g/mol. The van der Waals surface area contributed by atoms with Gasteiger partial charge in [0.1, 0.15) is 6.04 Å². The summed E-state index contributed by atoms with van der Waals surface area (Å²) in [5.41, 5.74) is 3.79. The third-order valence-corrected chi connectivity index (χ3v) is 4.16. The fourth-order valence-electron chi connectivity index (χ4n) is 2.71. The zero-order chi connectivity index (χ0) is 18.0. The number of carbonyl (C=O) groups is 2. The standard InChI is InChI=1S/C19H20N4O2/c1-11-7-6-8-12(2)16(11)21-18(24)13(3)20-19(25)17-14-9-4-5-10-15(14)22-23-17/h4-10,13H,1-3H3,(H,20,25)(H,21,24)(H,22,23). The van der Waals surface area contributed by atoms with Crippen LogP contribution in [0.1, 0.15) is 28.5 Å². The number of para-hydroxylation sites is 2. The fourth-order valence-corrected chi connectivity index (χ4v) is 2.71. The van der Waals surface area contributed by atoms with Gasteiger partial charge in [0.25, 0.3) is 5.91 Å². The van der Waals surface area contributed by atoms with E-state index < -0.39 is 6.04 Å². The predicted octanol–water partition coefficient (Wildman–Crippen LogP) is 2.94. The van der Waals surface area contributed by atoms with Gasteiger partial charge in [-0.1, -0.05) is 36.4 Å². The Balaban J connectivity index is 1.72. The highest BCUT2D eigenvalue weighted by atomic mass is 16.2. The van der Waals surface area contributed by atoms with Crippen LogP contribution in [-0.2, 0) is 4.79 Å². The molecule has 0 aliphatic rings. The highest BCUT2D eigenvalue weighted by Gasteiger charge is 2.20. The molecule has 1 aromatic heterocycles. The molecule has 6 nitrogen and oxygen atoms in total. The summed E-state index contributed by atoms with van der Waals surface area (Å²) in [6.07, 6.45) is 0. The lowest BCUT2D eigenvalue weighted by molar-refractivity contribution is -0.117. The summed E-state index contributed by atoms with van der Waals surface area (Å²) < 4.78 is 0. The van der Waals surface area contributed by atoms with Crippen LogP contribution in [0, 0.1) is 13.8 Å². The fraction of sp³-hybridized carbons (Fsp3) is 0.211. The normalized spacial score (nSPS) is 12.0. The van der Waals surface area contributed by atoms with Crippen LogP contribution < -0.4 is 10.6 Å². The Labute approximate surface area is 145 Å². The Morgan fingerprint density at radius 3 is 2.44 bits per heavy atom. The van der Waals surface area contributed by atoms with Gasteiger partial charge in [-0.3, -0.25) is 14.7 Å². The molecule has 0 aliphatic heterocycles. The van der Waals surface area contributed by atoms with Crippen LogP contribution in [0.25, 0.3) is 10.9 Å². The first-order valence-corrected chi connectivity index (χ1v) is 8.08. The molecule has 128 valence electrons. The molecule has 1 unspecified atom stereocenters. The van der Waals surface area contributed by atoms with E-state index in [-0.39, 0.29) is 17.5 Å². The van der Waals surface area contributed by atoms with Crippen molar-refractivity contribution < 1.29 is 9.59 Å². The van der Waals surface area contributed by atoms with Crippen molar-refractivity contribution in [2.45, 2.75) is 26.8 Å². The van der Waals surface area contributed by atoms with Crippen molar-refractivity contribution in [2.24, 2.45) is 0 Å². The summed E-state index contributed by atoms with van der Waals surface area (Å²) in [7, 11) is 0. The van der Waals surface area contributed by atoms with Crippen molar-refractivity contribution in [3.05, 3.63) is 59.3 Å². The number of H-pyrrole nitrogens is 1. The average Bonchev–Trinajstić information content (AvgIpc) is 3.02. The number of amides is 2. The first kappa shape index (κ1) is 16.7. The van der Waals surface area contributed by atoms with Gasteiger partial charge in [0, 0.05) is 11.1 Å². The van der Waals surface area contributed by atoms with E-state index in [1.165, 1.54) is 0 Å². The highest BCUT2D eigenvalue weighted by Crippen LogP contribution is 2.20. The van der Waals surface area contributed by atoms with Gasteiger partial charge in [0.05, 0.1) is 5.52 Å². The smallest absolute Gasteiger partial charge is 0.273 e. The van der Waals surface area contributed by atoms with Crippen molar-refractivity contribution in [1.29, 1.82) is 0 Å². The minimum atomic E-state index is -0.693. The van der Waals surface area contributed by atoms with Crippen LogP contribution in [0.2, 0.25) is 0 Å². The van der Waals surface area contributed by atoms with E-state index in [1.807, 2.05) is 56.3 Å². The van der Waals surface area contributed by atoms with Gasteiger partial charge in [-0.05, 0) is 38.0 Å². The number of hydrogen-bond acceptors (Lipinski definition) is 3. The van der Waals surface area contributed by atoms with Gasteiger partial charge < -0.3 is 10.6 Å². The van der Waals surface area contributed by atoms with Gasteiger partial charge in [-0.25, -0.2) is 0 Å². The van der Waals surface area contributed by atoms with Crippen LogP contribution in [0.5, 0.6) is 0 Å². The van der Waals surface area contributed by atoms with Crippen molar-refractivity contribution in [2.75, 3.05) is 5.32 Å². The van der Waals surface area contributed by atoms with E-state index in [9.17, 15) is 9.59 Å².